The number of fused-ring (bicyclic) bond motifs is 1. The van der Waals surface area contributed by atoms with Gasteiger partial charge in [0.2, 0.25) is 0 Å². The Morgan fingerprint density at radius 2 is 1.90 bits per heavy atom. The molecule has 31 heavy (non-hydrogen) atoms. The summed E-state index contributed by atoms with van der Waals surface area (Å²) in [5, 5.41) is 11.2. The van der Waals surface area contributed by atoms with Crippen molar-refractivity contribution >= 4 is 17.4 Å². The van der Waals surface area contributed by atoms with E-state index in [1.54, 1.807) is 30.5 Å². The first-order valence-electron chi connectivity index (χ1n) is 10.5. The van der Waals surface area contributed by atoms with Gasteiger partial charge in [-0.05, 0) is 67.1 Å². The number of nitrogens with zero attached hydrogens (tertiary/aromatic N) is 2. The lowest BCUT2D eigenvalue weighted by Crippen LogP contribution is -2.29. The number of carbonyl (C=O) groups is 2. The highest BCUT2D eigenvalue weighted by Crippen LogP contribution is 2.40. The summed E-state index contributed by atoms with van der Waals surface area (Å²) in [7, 11) is 0. The van der Waals surface area contributed by atoms with Crippen LogP contribution in [0, 0.1) is 0 Å². The maximum atomic E-state index is 13.0. The van der Waals surface area contributed by atoms with Crippen molar-refractivity contribution in [2.45, 2.75) is 38.3 Å². The van der Waals surface area contributed by atoms with Crippen molar-refractivity contribution in [1.29, 1.82) is 0 Å². The molecule has 3 aromatic rings. The predicted octanol–water partition coefficient (Wildman–Crippen LogP) is 4.18. The van der Waals surface area contributed by atoms with Crippen LogP contribution in [0.4, 0.5) is 0 Å². The Morgan fingerprint density at radius 3 is 2.65 bits per heavy atom. The second-order valence-electron chi connectivity index (χ2n) is 7.95. The second-order valence-corrected chi connectivity index (χ2v) is 7.95. The Kier molecular flexibility index (Phi) is 4.90. The van der Waals surface area contributed by atoms with Crippen LogP contribution in [0.5, 0.6) is 0 Å². The molecule has 1 atom stereocenters. The lowest BCUT2D eigenvalue weighted by Gasteiger charge is -2.23. The van der Waals surface area contributed by atoms with E-state index in [0.29, 0.717) is 17.0 Å². The minimum Gasteiger partial charge on any atom is -0.507 e. The van der Waals surface area contributed by atoms with E-state index in [9.17, 15) is 14.7 Å². The minimum atomic E-state index is -0.812. The van der Waals surface area contributed by atoms with E-state index in [0.717, 1.165) is 25.7 Å². The SMILES string of the molecule is O=C1C(=O)N(Cc2ccccn2)C(c2ccco2)/C1=C(/O)c1ccc2c(c1)CCCC2. The van der Waals surface area contributed by atoms with Gasteiger partial charge in [-0.25, -0.2) is 0 Å². The number of pyridine rings is 1. The molecule has 6 nitrogen and oxygen atoms in total. The Hall–Kier alpha value is -3.67. The lowest BCUT2D eigenvalue weighted by atomic mass is 9.89. The van der Waals surface area contributed by atoms with E-state index >= 15 is 0 Å². The van der Waals surface area contributed by atoms with Gasteiger partial charge in [0.25, 0.3) is 11.7 Å². The molecular weight excluding hydrogens is 392 g/mol. The second kappa shape index (κ2) is 7.87. The Bertz CT molecular complexity index is 1170. The number of carbonyl (C=O) groups excluding carboxylic acids is 2. The van der Waals surface area contributed by atoms with Gasteiger partial charge in [0, 0.05) is 11.8 Å². The summed E-state index contributed by atoms with van der Waals surface area (Å²) in [5.41, 5.74) is 3.71. The van der Waals surface area contributed by atoms with Crippen LogP contribution < -0.4 is 0 Å². The van der Waals surface area contributed by atoms with E-state index in [1.807, 2.05) is 24.3 Å². The molecule has 0 saturated carbocycles. The number of aliphatic hydroxyl groups excluding tert-OH is 1. The van der Waals surface area contributed by atoms with Crippen LogP contribution in [0.1, 0.15) is 47.0 Å². The highest BCUT2D eigenvalue weighted by Gasteiger charge is 2.47. The van der Waals surface area contributed by atoms with Crippen molar-refractivity contribution in [2.24, 2.45) is 0 Å². The summed E-state index contributed by atoms with van der Waals surface area (Å²) in [6, 6.07) is 13.8. The van der Waals surface area contributed by atoms with Crippen LogP contribution in [0.2, 0.25) is 0 Å². The number of Topliss-reactive ketones (excluding diaryl/α,β-unsaturated/α-hetero) is 1. The fourth-order valence-corrected chi connectivity index (χ4v) is 4.49. The average Bonchev–Trinajstić information content (AvgIpc) is 3.42. The molecule has 5 rings (SSSR count). The van der Waals surface area contributed by atoms with E-state index in [2.05, 4.69) is 4.98 Å². The summed E-state index contributed by atoms with van der Waals surface area (Å²) in [6.45, 7) is 0.137. The first-order valence-corrected chi connectivity index (χ1v) is 10.5. The molecule has 1 aliphatic carbocycles. The van der Waals surface area contributed by atoms with Crippen LogP contribution in [-0.4, -0.2) is 26.7 Å². The van der Waals surface area contributed by atoms with Gasteiger partial charge in [0.05, 0.1) is 24.1 Å². The topological polar surface area (TPSA) is 83.6 Å². The molecule has 1 saturated heterocycles. The number of benzene rings is 1. The van der Waals surface area contributed by atoms with Gasteiger partial charge < -0.3 is 14.4 Å². The average molecular weight is 414 g/mol. The summed E-state index contributed by atoms with van der Waals surface area (Å²) in [4.78, 5) is 31.7. The molecule has 1 amide bonds. The van der Waals surface area contributed by atoms with Crippen molar-refractivity contribution in [3.05, 3.63) is 94.7 Å². The van der Waals surface area contributed by atoms with Gasteiger partial charge in [0.15, 0.2) is 0 Å². The predicted molar refractivity (Wildman–Crippen MR) is 114 cm³/mol. The zero-order valence-corrected chi connectivity index (χ0v) is 17.0. The summed E-state index contributed by atoms with van der Waals surface area (Å²) < 4.78 is 5.58. The standard InChI is InChI=1S/C25H22N2O4/c28-23(18-11-10-16-6-1-2-7-17(16)14-18)21-22(20-9-5-13-31-20)27(25(30)24(21)29)15-19-8-3-4-12-26-19/h3-5,8-14,22,28H,1-2,6-7,15H2/b23-21-. The van der Waals surface area contributed by atoms with E-state index < -0.39 is 17.7 Å². The minimum absolute atomic E-state index is 0.0478. The number of aryl methyl sites for hydroxylation is 2. The molecule has 1 aromatic carbocycles. The van der Waals surface area contributed by atoms with Crippen molar-refractivity contribution in [3.8, 4) is 0 Å². The van der Waals surface area contributed by atoms with Crippen molar-refractivity contribution in [1.82, 2.24) is 9.88 Å². The smallest absolute Gasteiger partial charge is 0.296 e. The molecule has 0 spiro atoms. The molecule has 2 aromatic heterocycles. The van der Waals surface area contributed by atoms with Crippen LogP contribution in [-0.2, 0) is 29.0 Å². The van der Waals surface area contributed by atoms with Gasteiger partial charge in [-0.3, -0.25) is 14.6 Å². The number of aliphatic hydroxyl groups is 1. The van der Waals surface area contributed by atoms with Gasteiger partial charge >= 0.3 is 0 Å². The number of likely N-dealkylation sites (tertiary alicyclic amines) is 1. The molecule has 3 heterocycles. The van der Waals surface area contributed by atoms with Crippen molar-refractivity contribution < 1.29 is 19.1 Å². The number of amides is 1. The number of hydrogen-bond donors (Lipinski definition) is 1. The molecule has 1 fully saturated rings. The molecule has 6 heteroatoms. The maximum Gasteiger partial charge on any atom is 0.296 e. The molecule has 2 aliphatic rings. The van der Waals surface area contributed by atoms with Crippen molar-refractivity contribution in [3.63, 3.8) is 0 Å². The fraction of sp³-hybridized carbons (Fsp3) is 0.240. The van der Waals surface area contributed by atoms with E-state index in [1.165, 1.54) is 22.3 Å². The molecule has 1 aliphatic heterocycles. The zero-order chi connectivity index (χ0) is 21.4. The first-order chi connectivity index (χ1) is 15.1. The van der Waals surface area contributed by atoms with E-state index in [-0.39, 0.29) is 17.9 Å². The summed E-state index contributed by atoms with van der Waals surface area (Å²) >= 11 is 0. The molecule has 156 valence electrons. The molecule has 1 N–H and O–H groups in total. The molecule has 0 radical (unpaired) electrons. The fourth-order valence-electron chi connectivity index (χ4n) is 4.49. The summed E-state index contributed by atoms with van der Waals surface area (Å²) in [5.74, 6) is -1.13. The first kappa shape index (κ1) is 19.3. The van der Waals surface area contributed by atoms with Gasteiger partial charge in [-0.15, -0.1) is 0 Å². The summed E-state index contributed by atoms with van der Waals surface area (Å²) in [6.07, 6.45) is 7.38. The van der Waals surface area contributed by atoms with E-state index in [4.69, 9.17) is 4.42 Å². The molecular formula is C25H22N2O4. The van der Waals surface area contributed by atoms with Gasteiger partial charge in [0.1, 0.15) is 17.6 Å². The Balaban J connectivity index is 1.60. The number of rotatable bonds is 4. The number of ketones is 1. The third-order valence-corrected chi connectivity index (χ3v) is 6.03. The highest BCUT2D eigenvalue weighted by atomic mass is 16.3. The quantitative estimate of drug-likeness (QED) is 0.393. The van der Waals surface area contributed by atoms with Crippen LogP contribution >= 0.6 is 0 Å². The highest BCUT2D eigenvalue weighted by molar-refractivity contribution is 6.46. The monoisotopic (exact) mass is 414 g/mol. The number of aromatic nitrogens is 1. The zero-order valence-electron chi connectivity index (χ0n) is 17.0. The third kappa shape index (κ3) is 3.44. The molecule has 1 unspecified atom stereocenters. The third-order valence-electron chi connectivity index (χ3n) is 6.03. The lowest BCUT2D eigenvalue weighted by molar-refractivity contribution is -0.140. The number of furan rings is 1. The molecule has 0 bridgehead atoms. The Morgan fingerprint density at radius 1 is 1.06 bits per heavy atom. The van der Waals surface area contributed by atoms with Gasteiger partial charge in [-0.1, -0.05) is 18.2 Å². The van der Waals surface area contributed by atoms with Gasteiger partial charge in [-0.2, -0.15) is 0 Å². The Labute approximate surface area is 179 Å². The van der Waals surface area contributed by atoms with Crippen molar-refractivity contribution in [2.75, 3.05) is 0 Å². The largest absolute Gasteiger partial charge is 0.507 e. The van der Waals surface area contributed by atoms with Crippen LogP contribution in [0.15, 0.2) is 71.0 Å². The van der Waals surface area contributed by atoms with Crippen LogP contribution in [0.3, 0.4) is 0 Å². The van der Waals surface area contributed by atoms with Crippen LogP contribution in [0.25, 0.3) is 5.76 Å². The maximum absolute atomic E-state index is 13.0. The normalized spacial score (nSPS) is 20.1. The number of hydrogen-bond acceptors (Lipinski definition) is 5.